The third-order valence-electron chi connectivity index (χ3n) is 2.47. The average molecular weight is 271 g/mol. The Morgan fingerprint density at radius 3 is 2.67 bits per heavy atom. The first-order valence-electron chi connectivity index (χ1n) is 5.04. The normalized spacial score (nSPS) is 12.5. The van der Waals surface area contributed by atoms with E-state index in [4.69, 9.17) is 5.11 Å². The fourth-order valence-corrected chi connectivity index (χ4v) is 1.98. The van der Waals surface area contributed by atoms with E-state index in [0.717, 1.165) is 16.5 Å². The molecule has 3 heteroatoms. The molecule has 15 heavy (non-hydrogen) atoms. The summed E-state index contributed by atoms with van der Waals surface area (Å²) in [6.07, 6.45) is 1.56. The second-order valence-corrected chi connectivity index (χ2v) is 4.58. The van der Waals surface area contributed by atoms with Crippen LogP contribution in [0.25, 0.3) is 0 Å². The lowest BCUT2D eigenvalue weighted by Gasteiger charge is -2.09. The molecular formula is C12H15BrO2. The molecule has 0 saturated carbocycles. The number of rotatable bonds is 4. The third kappa shape index (κ3) is 3.34. The van der Waals surface area contributed by atoms with E-state index in [1.807, 2.05) is 6.07 Å². The van der Waals surface area contributed by atoms with Crippen molar-refractivity contribution in [2.24, 2.45) is 5.92 Å². The summed E-state index contributed by atoms with van der Waals surface area (Å²) in [6.45, 7) is 3.82. The maximum absolute atomic E-state index is 10.7. The summed E-state index contributed by atoms with van der Waals surface area (Å²) >= 11 is 3.47. The van der Waals surface area contributed by atoms with E-state index in [2.05, 4.69) is 35.0 Å². The molecule has 0 aliphatic carbocycles. The summed E-state index contributed by atoms with van der Waals surface area (Å²) in [4.78, 5) is 10.7. The lowest BCUT2D eigenvalue weighted by molar-refractivity contribution is -0.141. The number of aliphatic carboxylic acids is 1. The zero-order valence-corrected chi connectivity index (χ0v) is 10.5. The highest BCUT2D eigenvalue weighted by atomic mass is 79.9. The van der Waals surface area contributed by atoms with Crippen molar-refractivity contribution < 1.29 is 9.90 Å². The molecular weight excluding hydrogens is 256 g/mol. The van der Waals surface area contributed by atoms with E-state index in [1.165, 1.54) is 5.56 Å². The van der Waals surface area contributed by atoms with Crippen LogP contribution in [0.15, 0.2) is 22.7 Å². The van der Waals surface area contributed by atoms with Crippen LogP contribution in [-0.2, 0) is 17.6 Å². The average Bonchev–Trinajstić information content (AvgIpc) is 2.20. The molecule has 1 atom stereocenters. The maximum atomic E-state index is 10.7. The summed E-state index contributed by atoms with van der Waals surface area (Å²) in [6, 6.07) is 6.11. The molecule has 0 heterocycles. The van der Waals surface area contributed by atoms with Gasteiger partial charge in [-0.3, -0.25) is 4.79 Å². The topological polar surface area (TPSA) is 37.3 Å². The van der Waals surface area contributed by atoms with Gasteiger partial charge in [-0.25, -0.2) is 0 Å². The van der Waals surface area contributed by atoms with Crippen LogP contribution in [0.1, 0.15) is 25.0 Å². The first kappa shape index (κ1) is 12.2. The highest BCUT2D eigenvalue weighted by molar-refractivity contribution is 9.10. The Balaban J connectivity index is 2.82. The first-order chi connectivity index (χ1) is 7.04. The van der Waals surface area contributed by atoms with Gasteiger partial charge >= 0.3 is 5.97 Å². The van der Waals surface area contributed by atoms with Gasteiger partial charge in [-0.2, -0.15) is 0 Å². The Labute approximate surface area is 98.4 Å². The van der Waals surface area contributed by atoms with E-state index < -0.39 is 5.97 Å². The van der Waals surface area contributed by atoms with Crippen LogP contribution in [0.2, 0.25) is 0 Å². The minimum Gasteiger partial charge on any atom is -0.481 e. The minimum atomic E-state index is -0.749. The smallest absolute Gasteiger partial charge is 0.306 e. The molecule has 0 fully saturated rings. The zero-order chi connectivity index (χ0) is 11.4. The Bertz CT molecular complexity index is 361. The molecule has 0 spiro atoms. The van der Waals surface area contributed by atoms with Crippen molar-refractivity contribution in [1.82, 2.24) is 0 Å². The summed E-state index contributed by atoms with van der Waals surface area (Å²) in [5.41, 5.74) is 2.32. The third-order valence-corrected chi connectivity index (χ3v) is 3.21. The number of carboxylic acids is 1. The molecule has 1 N–H and O–H groups in total. The van der Waals surface area contributed by atoms with Gasteiger partial charge in [0, 0.05) is 4.47 Å². The molecule has 1 aromatic carbocycles. The van der Waals surface area contributed by atoms with Crippen LogP contribution < -0.4 is 0 Å². The van der Waals surface area contributed by atoms with Crippen molar-refractivity contribution >= 4 is 21.9 Å². The van der Waals surface area contributed by atoms with Crippen molar-refractivity contribution in [2.75, 3.05) is 0 Å². The van der Waals surface area contributed by atoms with Gasteiger partial charge in [-0.05, 0) is 30.0 Å². The number of hydrogen-bond acceptors (Lipinski definition) is 1. The van der Waals surface area contributed by atoms with Gasteiger partial charge in [0.1, 0.15) is 0 Å². The molecule has 2 nitrogen and oxygen atoms in total. The number of carbonyl (C=O) groups is 1. The molecule has 82 valence electrons. The van der Waals surface area contributed by atoms with Gasteiger partial charge in [0.15, 0.2) is 0 Å². The van der Waals surface area contributed by atoms with Crippen LogP contribution >= 0.6 is 15.9 Å². The predicted octanol–water partition coefficient (Wildman–Crippen LogP) is 3.27. The van der Waals surface area contributed by atoms with Crippen LogP contribution in [-0.4, -0.2) is 11.1 Å². The molecule has 0 bridgehead atoms. The van der Waals surface area contributed by atoms with Gasteiger partial charge in [-0.1, -0.05) is 41.9 Å². The zero-order valence-electron chi connectivity index (χ0n) is 8.96. The number of halogens is 1. The van der Waals surface area contributed by atoms with E-state index in [-0.39, 0.29) is 5.92 Å². The van der Waals surface area contributed by atoms with Crippen molar-refractivity contribution in [3.05, 3.63) is 33.8 Å². The number of hydrogen-bond donors (Lipinski definition) is 1. The van der Waals surface area contributed by atoms with Crippen molar-refractivity contribution in [1.29, 1.82) is 0 Å². The van der Waals surface area contributed by atoms with Gasteiger partial charge < -0.3 is 5.11 Å². The molecule has 0 aliphatic rings. The van der Waals surface area contributed by atoms with Crippen molar-refractivity contribution in [2.45, 2.75) is 26.7 Å². The van der Waals surface area contributed by atoms with Gasteiger partial charge in [-0.15, -0.1) is 0 Å². The Kier molecular flexibility index (Phi) is 4.33. The van der Waals surface area contributed by atoms with Crippen molar-refractivity contribution in [3.63, 3.8) is 0 Å². The molecule has 0 unspecified atom stereocenters. The van der Waals surface area contributed by atoms with Crippen molar-refractivity contribution in [3.8, 4) is 0 Å². The Hall–Kier alpha value is -0.830. The molecule has 1 rings (SSSR count). The summed E-state index contributed by atoms with van der Waals surface area (Å²) in [7, 11) is 0. The second-order valence-electron chi connectivity index (χ2n) is 3.72. The van der Waals surface area contributed by atoms with Gasteiger partial charge in [0.05, 0.1) is 5.92 Å². The first-order valence-corrected chi connectivity index (χ1v) is 5.84. The quantitative estimate of drug-likeness (QED) is 0.912. The minimum absolute atomic E-state index is 0.339. The fourth-order valence-electron chi connectivity index (χ4n) is 1.39. The lowest BCUT2D eigenvalue weighted by Crippen LogP contribution is -2.12. The lowest BCUT2D eigenvalue weighted by atomic mass is 10.00. The molecule has 0 amide bonds. The standard InChI is InChI=1S/C12H15BrO2/c1-3-9-4-5-10(11(13)7-9)6-8(2)12(14)15/h4-5,7-8H,3,6H2,1-2H3,(H,14,15)/t8-/m1/s1. The van der Waals surface area contributed by atoms with E-state index in [9.17, 15) is 4.79 Å². The van der Waals surface area contributed by atoms with E-state index in [1.54, 1.807) is 6.92 Å². The number of carboxylic acid groups (broad SMARTS) is 1. The largest absolute Gasteiger partial charge is 0.481 e. The summed E-state index contributed by atoms with van der Waals surface area (Å²) in [5.74, 6) is -1.09. The van der Waals surface area contributed by atoms with E-state index in [0.29, 0.717) is 6.42 Å². The Morgan fingerprint density at radius 1 is 1.53 bits per heavy atom. The molecule has 0 aliphatic heterocycles. The predicted molar refractivity (Wildman–Crippen MR) is 64.0 cm³/mol. The van der Waals surface area contributed by atoms with Crippen LogP contribution in [0.5, 0.6) is 0 Å². The van der Waals surface area contributed by atoms with E-state index >= 15 is 0 Å². The van der Waals surface area contributed by atoms with Crippen LogP contribution in [0.3, 0.4) is 0 Å². The molecule has 1 aromatic rings. The summed E-state index contributed by atoms with van der Waals surface area (Å²) < 4.78 is 1.01. The number of benzene rings is 1. The molecule has 0 radical (unpaired) electrons. The monoisotopic (exact) mass is 270 g/mol. The Morgan fingerprint density at radius 2 is 2.20 bits per heavy atom. The number of aryl methyl sites for hydroxylation is 1. The fraction of sp³-hybridized carbons (Fsp3) is 0.417. The van der Waals surface area contributed by atoms with Crippen LogP contribution in [0, 0.1) is 5.92 Å². The highest BCUT2D eigenvalue weighted by Crippen LogP contribution is 2.22. The second kappa shape index (κ2) is 5.31. The van der Waals surface area contributed by atoms with Gasteiger partial charge in [0.2, 0.25) is 0 Å². The summed E-state index contributed by atoms with van der Waals surface area (Å²) in [5, 5.41) is 8.82. The molecule has 0 saturated heterocycles. The SMILES string of the molecule is CCc1ccc(C[C@@H](C)C(=O)O)c(Br)c1. The van der Waals surface area contributed by atoms with Crippen LogP contribution in [0.4, 0.5) is 0 Å². The maximum Gasteiger partial charge on any atom is 0.306 e. The van der Waals surface area contributed by atoms with Gasteiger partial charge in [0.25, 0.3) is 0 Å². The highest BCUT2D eigenvalue weighted by Gasteiger charge is 2.13. The molecule has 0 aromatic heterocycles.